The van der Waals surface area contributed by atoms with Gasteiger partial charge in [-0.25, -0.2) is 0 Å². The molecule has 274 valence electrons. The molecule has 0 radical (unpaired) electrons. The van der Waals surface area contributed by atoms with Gasteiger partial charge in [-0.2, -0.15) is 0 Å². The maximum Gasteiger partial charge on any atom is 0.0458 e. The van der Waals surface area contributed by atoms with Gasteiger partial charge in [0.25, 0.3) is 0 Å². The third-order valence-corrected chi connectivity index (χ3v) is 14.7. The minimum atomic E-state index is 0.132. The normalized spacial score (nSPS) is 26.9. The standard InChI is InChI=1S/C52H55NS/c1-5-13-44-46-34-39(28-33-48(46)52(3,4)47(44)6-2)37-22-20-35(21-23-37)36-24-29-41(30-25-36)53(40-14-8-7-9-15-40)42-31-26-38(27-32-42)43-17-12-19-50-51(43)45-16-10-11-18-49(45)54-50/h5,8,10-11,13-18,20-22,24-26,28-31,33,37,39,50-51H,6-7,9,12,19,23,27,32,34H2,1-4H3/b13-5-. The van der Waals surface area contributed by atoms with Gasteiger partial charge in [0.1, 0.15) is 0 Å². The number of hydrogen-bond acceptors (Lipinski definition) is 2. The van der Waals surface area contributed by atoms with Gasteiger partial charge in [-0.05, 0) is 151 Å². The van der Waals surface area contributed by atoms with Gasteiger partial charge in [-0.1, -0.05) is 124 Å². The lowest BCUT2D eigenvalue weighted by Crippen LogP contribution is -2.24. The van der Waals surface area contributed by atoms with Crippen LogP contribution in [0.2, 0.25) is 0 Å². The molecule has 0 saturated carbocycles. The van der Waals surface area contributed by atoms with E-state index in [1.165, 1.54) is 57.1 Å². The Balaban J connectivity index is 0.921. The topological polar surface area (TPSA) is 3.24 Å². The Morgan fingerprint density at radius 1 is 0.870 bits per heavy atom. The average Bonchev–Trinajstić information content (AvgIpc) is 3.70. The van der Waals surface area contributed by atoms with Gasteiger partial charge in [0.05, 0.1) is 0 Å². The number of nitrogens with zero attached hydrogens (tertiary/aromatic N) is 1. The van der Waals surface area contributed by atoms with Crippen LogP contribution in [-0.2, 0) is 0 Å². The minimum Gasteiger partial charge on any atom is -0.315 e. The summed E-state index contributed by atoms with van der Waals surface area (Å²) in [5, 5.41) is 0.679. The summed E-state index contributed by atoms with van der Waals surface area (Å²) in [6, 6.07) is 18.5. The summed E-state index contributed by atoms with van der Waals surface area (Å²) in [5.41, 5.74) is 17.6. The Hall–Kier alpha value is -4.27. The van der Waals surface area contributed by atoms with Gasteiger partial charge in [0, 0.05) is 38.6 Å². The second-order valence-corrected chi connectivity index (χ2v) is 17.9. The lowest BCUT2D eigenvalue weighted by molar-refractivity contribution is 0.462. The molecule has 1 aliphatic heterocycles. The summed E-state index contributed by atoms with van der Waals surface area (Å²) >= 11 is 2.11. The fraction of sp³-hybridized carbons (Fsp3) is 0.346. The predicted molar refractivity (Wildman–Crippen MR) is 232 cm³/mol. The van der Waals surface area contributed by atoms with Crippen molar-refractivity contribution >= 4 is 23.0 Å². The van der Waals surface area contributed by atoms with Crippen LogP contribution >= 0.6 is 11.8 Å². The molecule has 54 heavy (non-hydrogen) atoms. The molecule has 2 heteroatoms. The second-order valence-electron chi connectivity index (χ2n) is 16.7. The number of hydrogen-bond donors (Lipinski definition) is 0. The zero-order valence-corrected chi connectivity index (χ0v) is 33.5. The lowest BCUT2D eigenvalue weighted by atomic mass is 9.74. The van der Waals surface area contributed by atoms with Gasteiger partial charge in [0.2, 0.25) is 0 Å². The van der Waals surface area contributed by atoms with E-state index in [-0.39, 0.29) is 5.41 Å². The quantitative estimate of drug-likeness (QED) is 0.267. The number of fused-ring (bicyclic) bond motifs is 3. The molecule has 4 atom stereocenters. The van der Waals surface area contributed by atoms with Crippen LogP contribution in [0.4, 0.5) is 5.69 Å². The predicted octanol–water partition coefficient (Wildman–Crippen LogP) is 14.5. The fourth-order valence-corrected chi connectivity index (χ4v) is 12.0. The molecule has 0 spiro atoms. The fourth-order valence-electron chi connectivity index (χ4n) is 10.6. The zero-order chi connectivity index (χ0) is 36.8. The molecule has 2 aromatic carbocycles. The first-order valence-corrected chi connectivity index (χ1v) is 21.6. The first-order chi connectivity index (χ1) is 26.4. The average molecular weight is 726 g/mol. The molecule has 9 rings (SSSR count). The maximum absolute atomic E-state index is 2.56. The highest BCUT2D eigenvalue weighted by Gasteiger charge is 2.40. The summed E-state index contributed by atoms with van der Waals surface area (Å²) in [6.45, 7) is 9.32. The van der Waals surface area contributed by atoms with E-state index in [9.17, 15) is 0 Å². The largest absolute Gasteiger partial charge is 0.315 e. The third-order valence-electron chi connectivity index (χ3n) is 13.3. The van der Waals surface area contributed by atoms with Crippen LogP contribution in [0.3, 0.4) is 0 Å². The van der Waals surface area contributed by atoms with E-state index in [0.29, 0.717) is 23.0 Å². The molecule has 1 nitrogen and oxygen atoms in total. The van der Waals surface area contributed by atoms with Gasteiger partial charge in [0.15, 0.2) is 0 Å². The molecule has 0 amide bonds. The van der Waals surface area contributed by atoms with Crippen molar-refractivity contribution in [3.63, 3.8) is 0 Å². The van der Waals surface area contributed by atoms with Gasteiger partial charge in [-0.15, -0.1) is 11.8 Å². The molecular formula is C52H55NS. The Bertz CT molecular complexity index is 2180. The Morgan fingerprint density at radius 3 is 2.46 bits per heavy atom. The van der Waals surface area contributed by atoms with E-state index in [2.05, 4.69) is 172 Å². The molecule has 0 aromatic heterocycles. The molecule has 2 aromatic rings. The van der Waals surface area contributed by atoms with Crippen LogP contribution in [0.1, 0.15) is 103 Å². The highest BCUT2D eigenvalue weighted by atomic mass is 32.2. The van der Waals surface area contributed by atoms with E-state index >= 15 is 0 Å². The molecule has 4 unspecified atom stereocenters. The molecule has 7 aliphatic rings. The number of anilines is 1. The van der Waals surface area contributed by atoms with Crippen molar-refractivity contribution in [3.05, 3.63) is 183 Å². The smallest absolute Gasteiger partial charge is 0.0458 e. The summed E-state index contributed by atoms with van der Waals surface area (Å²) < 4.78 is 0. The molecule has 0 saturated heterocycles. The minimum absolute atomic E-state index is 0.132. The molecule has 0 bridgehead atoms. The highest BCUT2D eigenvalue weighted by Crippen LogP contribution is 2.55. The first-order valence-electron chi connectivity index (χ1n) is 20.7. The number of thioether (sulfide) groups is 1. The maximum atomic E-state index is 2.56. The van der Waals surface area contributed by atoms with Gasteiger partial charge in [-0.3, -0.25) is 0 Å². The molecule has 0 fully saturated rings. The highest BCUT2D eigenvalue weighted by molar-refractivity contribution is 8.00. The number of rotatable bonds is 8. The first kappa shape index (κ1) is 35.4. The molecular weight excluding hydrogens is 671 g/mol. The summed E-state index contributed by atoms with van der Waals surface area (Å²) in [5.74, 6) is 1.62. The van der Waals surface area contributed by atoms with Crippen molar-refractivity contribution in [2.75, 3.05) is 4.90 Å². The SMILES string of the molecule is C/C=C\C1=C(CC)C(C)(C)C2=C1CC(C1C=CC(c3ccc(N(C4=CCCC=C4)C4=CC=C(C5=CCCC6Sc7ccccc7C56)CC4)cc3)=CC1)C=C2. The van der Waals surface area contributed by atoms with Crippen molar-refractivity contribution in [3.8, 4) is 0 Å². The Labute approximate surface area is 328 Å². The van der Waals surface area contributed by atoms with Crippen molar-refractivity contribution in [2.24, 2.45) is 17.3 Å². The second kappa shape index (κ2) is 14.8. The van der Waals surface area contributed by atoms with E-state index < -0.39 is 0 Å². The third kappa shape index (κ3) is 6.29. The van der Waals surface area contributed by atoms with E-state index in [4.69, 9.17) is 0 Å². The summed E-state index contributed by atoms with van der Waals surface area (Å²) in [4.78, 5) is 4.01. The van der Waals surface area contributed by atoms with Crippen molar-refractivity contribution < 1.29 is 0 Å². The van der Waals surface area contributed by atoms with Crippen LogP contribution in [0.15, 0.2) is 177 Å². The monoisotopic (exact) mass is 725 g/mol. The number of allylic oxidation sites excluding steroid dienone is 21. The summed E-state index contributed by atoms with van der Waals surface area (Å²) in [6.07, 6.45) is 41.7. The van der Waals surface area contributed by atoms with Crippen molar-refractivity contribution in [1.82, 2.24) is 0 Å². The van der Waals surface area contributed by atoms with Crippen molar-refractivity contribution in [1.29, 1.82) is 0 Å². The van der Waals surface area contributed by atoms with E-state index in [1.54, 1.807) is 27.9 Å². The molecule has 6 aliphatic carbocycles. The molecule has 1 heterocycles. The van der Waals surface area contributed by atoms with Gasteiger partial charge >= 0.3 is 0 Å². The Morgan fingerprint density at radius 2 is 1.72 bits per heavy atom. The van der Waals surface area contributed by atoms with Gasteiger partial charge < -0.3 is 4.90 Å². The van der Waals surface area contributed by atoms with Crippen LogP contribution in [0, 0.1) is 17.3 Å². The van der Waals surface area contributed by atoms with Crippen molar-refractivity contribution in [2.45, 2.75) is 102 Å². The Kier molecular flexibility index (Phi) is 9.68. The van der Waals surface area contributed by atoms with E-state index in [0.717, 1.165) is 44.9 Å². The van der Waals surface area contributed by atoms with Crippen LogP contribution in [0.25, 0.3) is 5.57 Å². The number of benzene rings is 2. The summed E-state index contributed by atoms with van der Waals surface area (Å²) in [7, 11) is 0. The molecule has 0 N–H and O–H groups in total. The van der Waals surface area contributed by atoms with Crippen LogP contribution < -0.4 is 4.90 Å². The zero-order valence-electron chi connectivity index (χ0n) is 32.7. The van der Waals surface area contributed by atoms with Crippen LogP contribution in [0.5, 0.6) is 0 Å². The van der Waals surface area contributed by atoms with Crippen LogP contribution in [-0.4, -0.2) is 5.25 Å². The lowest BCUT2D eigenvalue weighted by Gasteiger charge is -2.34. The van der Waals surface area contributed by atoms with E-state index in [1.807, 2.05) is 0 Å².